The molecule has 0 radical (unpaired) electrons. The third-order valence-corrected chi connectivity index (χ3v) is 4.79. The molecule has 3 aromatic rings. The van der Waals surface area contributed by atoms with Crippen molar-refractivity contribution in [3.05, 3.63) is 64.3 Å². The van der Waals surface area contributed by atoms with E-state index in [0.717, 1.165) is 4.47 Å². The van der Waals surface area contributed by atoms with Gasteiger partial charge in [0.1, 0.15) is 18.7 Å². The Balaban J connectivity index is 1.97. The van der Waals surface area contributed by atoms with Crippen molar-refractivity contribution in [2.45, 2.75) is 0 Å². The van der Waals surface area contributed by atoms with Crippen LogP contribution < -0.4 is 10.8 Å². The average Bonchev–Trinajstić information content (AvgIpc) is 3.06. The Hall–Kier alpha value is -2.62. The summed E-state index contributed by atoms with van der Waals surface area (Å²) in [4.78, 5) is 21.8. The number of rotatable bonds is 8. The van der Waals surface area contributed by atoms with Gasteiger partial charge in [-0.15, -0.1) is 0 Å². The number of hydroxylamine groups is 1. The minimum Gasteiger partial charge on any atom is -0.499 e. The van der Waals surface area contributed by atoms with Crippen LogP contribution in [0, 0.1) is 5.82 Å². The zero-order valence-electron chi connectivity index (χ0n) is 15.3. The molecule has 1 aromatic heterocycles. The number of carbonyl (C=O) groups is 1. The number of aryl methyl sites for hydroxylation is 1. The second kappa shape index (κ2) is 9.25. The topological polar surface area (TPSA) is 77.4 Å². The minimum atomic E-state index is -0.678. The lowest BCUT2D eigenvalue weighted by atomic mass is 10.1. The van der Waals surface area contributed by atoms with Gasteiger partial charge in [-0.05, 0) is 24.3 Å². The maximum absolute atomic E-state index is 15.2. The van der Waals surface area contributed by atoms with Crippen molar-refractivity contribution in [1.29, 1.82) is 0 Å². The van der Waals surface area contributed by atoms with Crippen LogP contribution in [-0.4, -0.2) is 28.7 Å². The van der Waals surface area contributed by atoms with Crippen molar-refractivity contribution >= 4 is 55.8 Å². The predicted octanol–water partition coefficient (Wildman–Crippen LogP) is 4.69. The molecule has 152 valence electrons. The van der Waals surface area contributed by atoms with Crippen molar-refractivity contribution < 1.29 is 18.8 Å². The Morgan fingerprint density at radius 3 is 2.93 bits per heavy atom. The summed E-state index contributed by atoms with van der Waals surface area (Å²) in [6.07, 6.45) is 2.73. The summed E-state index contributed by atoms with van der Waals surface area (Å²) >= 11 is 9.56. The van der Waals surface area contributed by atoms with Crippen molar-refractivity contribution in [1.82, 2.24) is 15.0 Å². The predicted molar refractivity (Wildman–Crippen MR) is 113 cm³/mol. The number of halogens is 3. The van der Waals surface area contributed by atoms with Gasteiger partial charge >= 0.3 is 0 Å². The molecule has 0 saturated heterocycles. The molecule has 3 rings (SSSR count). The number of fused-ring (bicyclic) bond motifs is 1. The van der Waals surface area contributed by atoms with Crippen LogP contribution in [-0.2, 0) is 16.6 Å². The smallest absolute Gasteiger partial charge is 0.277 e. The van der Waals surface area contributed by atoms with Gasteiger partial charge in [-0.2, -0.15) is 0 Å². The molecule has 0 aliphatic carbocycles. The van der Waals surface area contributed by atoms with Crippen LogP contribution in [0.5, 0.6) is 0 Å². The number of aromatic nitrogens is 2. The highest BCUT2D eigenvalue weighted by Crippen LogP contribution is 2.34. The maximum atomic E-state index is 15.2. The number of nitrogens with one attached hydrogen (secondary N) is 2. The van der Waals surface area contributed by atoms with Crippen molar-refractivity contribution in [3.63, 3.8) is 0 Å². The van der Waals surface area contributed by atoms with E-state index in [4.69, 9.17) is 21.2 Å². The third-order valence-electron chi connectivity index (χ3n) is 3.98. The first-order valence-electron chi connectivity index (χ1n) is 8.42. The maximum Gasteiger partial charge on any atom is 0.277 e. The molecule has 0 fully saturated rings. The fraction of sp³-hybridized carbons (Fsp3) is 0.158. The molecule has 10 heteroatoms. The summed E-state index contributed by atoms with van der Waals surface area (Å²) in [5, 5.41) is 3.25. The largest absolute Gasteiger partial charge is 0.499 e. The first-order valence-corrected chi connectivity index (χ1v) is 9.59. The number of benzene rings is 2. The molecule has 29 heavy (non-hydrogen) atoms. The number of anilines is 2. The van der Waals surface area contributed by atoms with Gasteiger partial charge < -0.3 is 14.6 Å². The summed E-state index contributed by atoms with van der Waals surface area (Å²) in [7, 11) is 1.71. The quantitative estimate of drug-likeness (QED) is 0.276. The Morgan fingerprint density at radius 1 is 1.41 bits per heavy atom. The second-order valence-corrected chi connectivity index (χ2v) is 7.23. The molecule has 0 aliphatic heterocycles. The number of hydrogen-bond donors (Lipinski definition) is 2. The van der Waals surface area contributed by atoms with Gasteiger partial charge in [0.15, 0.2) is 5.82 Å². The molecule has 0 saturated carbocycles. The highest BCUT2D eigenvalue weighted by molar-refractivity contribution is 9.10. The number of amides is 1. The number of ether oxygens (including phenoxy) is 1. The molecular formula is C19H17BrClFN4O3. The standard InChI is InChI=1S/C19H17BrClFN4O3/c1-3-28-6-7-29-25-19(27)12-9-15-18(23-10-26(15)2)16(22)17(12)24-14-5-4-11(20)8-13(14)21/h3-5,8-10,24H,1,6-7H2,2H3,(H,25,27). The van der Waals surface area contributed by atoms with Gasteiger partial charge in [0.2, 0.25) is 0 Å². The van der Waals surface area contributed by atoms with Crippen LogP contribution >= 0.6 is 27.5 Å². The zero-order valence-corrected chi connectivity index (χ0v) is 17.7. The summed E-state index contributed by atoms with van der Waals surface area (Å²) in [6.45, 7) is 3.71. The lowest BCUT2D eigenvalue weighted by Crippen LogP contribution is -2.26. The average molecular weight is 484 g/mol. The minimum absolute atomic E-state index is 0.0298. The van der Waals surface area contributed by atoms with Crippen molar-refractivity contribution in [3.8, 4) is 0 Å². The Kier molecular flexibility index (Phi) is 6.73. The van der Waals surface area contributed by atoms with E-state index in [1.54, 1.807) is 29.8 Å². The van der Waals surface area contributed by atoms with E-state index in [0.29, 0.717) is 16.2 Å². The number of nitrogens with zero attached hydrogens (tertiary/aromatic N) is 2. The van der Waals surface area contributed by atoms with Crippen molar-refractivity contribution in [2.75, 3.05) is 18.5 Å². The first-order chi connectivity index (χ1) is 13.9. The normalized spacial score (nSPS) is 10.8. The molecule has 0 spiro atoms. The molecule has 2 N–H and O–H groups in total. The molecule has 1 amide bonds. The van der Waals surface area contributed by atoms with E-state index in [2.05, 4.69) is 38.3 Å². The molecule has 7 nitrogen and oxygen atoms in total. The molecule has 0 aliphatic rings. The Bertz CT molecular complexity index is 1070. The molecular weight excluding hydrogens is 467 g/mol. The van der Waals surface area contributed by atoms with Gasteiger partial charge in [-0.3, -0.25) is 9.63 Å². The summed E-state index contributed by atoms with van der Waals surface area (Å²) in [6, 6.07) is 6.59. The number of carbonyl (C=O) groups excluding carboxylic acids is 1. The van der Waals surface area contributed by atoms with E-state index in [1.165, 1.54) is 18.7 Å². The lowest BCUT2D eigenvalue weighted by molar-refractivity contribution is 0.0145. The lowest BCUT2D eigenvalue weighted by Gasteiger charge is -2.15. The number of hydrogen-bond acceptors (Lipinski definition) is 5. The highest BCUT2D eigenvalue weighted by atomic mass is 79.9. The van der Waals surface area contributed by atoms with E-state index in [9.17, 15) is 4.79 Å². The SMILES string of the molecule is C=COCCONC(=O)c1cc2c(ncn2C)c(F)c1Nc1ccc(Br)cc1Cl. The van der Waals surface area contributed by atoms with Crippen LogP contribution in [0.4, 0.5) is 15.8 Å². The second-order valence-electron chi connectivity index (χ2n) is 5.90. The van der Waals surface area contributed by atoms with Crippen LogP contribution in [0.2, 0.25) is 5.02 Å². The van der Waals surface area contributed by atoms with E-state index in [-0.39, 0.29) is 30.0 Å². The summed E-state index contributed by atoms with van der Waals surface area (Å²) in [5.74, 6) is -1.32. The molecule has 2 aromatic carbocycles. The van der Waals surface area contributed by atoms with Gasteiger partial charge in [0, 0.05) is 11.5 Å². The zero-order chi connectivity index (χ0) is 21.0. The highest BCUT2D eigenvalue weighted by Gasteiger charge is 2.22. The summed E-state index contributed by atoms with van der Waals surface area (Å²) in [5.41, 5.74) is 3.25. The summed E-state index contributed by atoms with van der Waals surface area (Å²) < 4.78 is 22.5. The fourth-order valence-corrected chi connectivity index (χ4v) is 3.32. The van der Waals surface area contributed by atoms with Crippen molar-refractivity contribution in [2.24, 2.45) is 7.05 Å². The van der Waals surface area contributed by atoms with Crippen LogP contribution in [0.3, 0.4) is 0 Å². The van der Waals surface area contributed by atoms with Gasteiger partial charge in [0.25, 0.3) is 5.91 Å². The Morgan fingerprint density at radius 2 is 2.21 bits per heavy atom. The van der Waals surface area contributed by atoms with Crippen LogP contribution in [0.15, 0.2) is 47.9 Å². The fourth-order valence-electron chi connectivity index (χ4n) is 2.60. The van der Waals surface area contributed by atoms with E-state index >= 15 is 4.39 Å². The number of imidazole rings is 1. The molecule has 0 bridgehead atoms. The van der Waals surface area contributed by atoms with Gasteiger partial charge in [-0.25, -0.2) is 14.9 Å². The first kappa shape index (κ1) is 21.1. The molecule has 0 unspecified atom stereocenters. The Labute approximate surface area is 179 Å². The van der Waals surface area contributed by atoms with Gasteiger partial charge in [-0.1, -0.05) is 34.1 Å². The van der Waals surface area contributed by atoms with Crippen LogP contribution in [0.1, 0.15) is 10.4 Å². The van der Waals surface area contributed by atoms with Crippen LogP contribution in [0.25, 0.3) is 11.0 Å². The van der Waals surface area contributed by atoms with E-state index < -0.39 is 11.7 Å². The van der Waals surface area contributed by atoms with E-state index in [1.807, 2.05) is 0 Å². The van der Waals surface area contributed by atoms with Gasteiger partial charge in [0.05, 0.1) is 40.1 Å². The third kappa shape index (κ3) is 4.69. The molecule has 1 heterocycles. The monoisotopic (exact) mass is 482 g/mol. The molecule has 0 atom stereocenters.